The number of para-hydroxylation sites is 1. The average molecular weight is 380 g/mol. The maximum atomic E-state index is 12.3. The van der Waals surface area contributed by atoms with Crippen LogP contribution in [0.2, 0.25) is 0 Å². The maximum Gasteiger partial charge on any atom is 0.319 e. The Morgan fingerprint density at radius 2 is 1.89 bits per heavy atom. The number of urea groups is 1. The molecule has 1 unspecified atom stereocenters. The van der Waals surface area contributed by atoms with E-state index in [1.807, 2.05) is 18.2 Å². The van der Waals surface area contributed by atoms with Gasteiger partial charge in [0.25, 0.3) is 0 Å². The second-order valence-electron chi connectivity index (χ2n) is 7.46. The first-order valence-corrected chi connectivity index (χ1v) is 10.0. The van der Waals surface area contributed by atoms with Gasteiger partial charge in [-0.1, -0.05) is 18.2 Å². The van der Waals surface area contributed by atoms with E-state index in [1.54, 1.807) is 0 Å². The lowest BCUT2D eigenvalue weighted by Gasteiger charge is -2.39. The SMILES string of the molecule is CC(CNC(=O)Nc1ccc2c(c1)CCO2)N1CCN(c2ccccc2)CC1. The number of nitrogens with zero attached hydrogens (tertiary/aromatic N) is 2. The number of hydrogen-bond acceptors (Lipinski definition) is 4. The zero-order valence-electron chi connectivity index (χ0n) is 16.4. The molecular formula is C22H28N4O2. The molecule has 2 aliphatic rings. The molecule has 0 radical (unpaired) electrons. The van der Waals surface area contributed by atoms with Crippen LogP contribution in [0.3, 0.4) is 0 Å². The molecule has 0 saturated carbocycles. The standard InChI is InChI=1S/C22H28N4O2/c1-17(25-10-12-26(13-11-25)20-5-3-2-4-6-20)16-23-22(27)24-19-7-8-21-18(15-19)9-14-28-21/h2-8,15,17H,9-14,16H2,1H3,(H2,23,24,27). The summed E-state index contributed by atoms with van der Waals surface area (Å²) in [6.45, 7) is 7.56. The number of benzene rings is 2. The van der Waals surface area contributed by atoms with Gasteiger partial charge in [0.1, 0.15) is 5.75 Å². The van der Waals surface area contributed by atoms with Crippen molar-refractivity contribution in [1.29, 1.82) is 0 Å². The largest absolute Gasteiger partial charge is 0.493 e. The first-order chi connectivity index (χ1) is 13.7. The van der Waals surface area contributed by atoms with Crippen LogP contribution in [0.4, 0.5) is 16.2 Å². The fourth-order valence-electron chi connectivity index (χ4n) is 3.87. The highest BCUT2D eigenvalue weighted by Crippen LogP contribution is 2.27. The van der Waals surface area contributed by atoms with E-state index in [-0.39, 0.29) is 6.03 Å². The molecule has 2 heterocycles. The van der Waals surface area contributed by atoms with Crippen LogP contribution in [-0.2, 0) is 6.42 Å². The Labute approximate surface area is 166 Å². The van der Waals surface area contributed by atoms with E-state index < -0.39 is 0 Å². The van der Waals surface area contributed by atoms with Gasteiger partial charge in [0.05, 0.1) is 6.61 Å². The fourth-order valence-corrected chi connectivity index (χ4v) is 3.87. The van der Waals surface area contributed by atoms with Gasteiger partial charge >= 0.3 is 6.03 Å². The molecule has 2 aromatic rings. The van der Waals surface area contributed by atoms with E-state index in [2.05, 4.69) is 57.7 Å². The van der Waals surface area contributed by atoms with E-state index in [9.17, 15) is 4.79 Å². The number of carbonyl (C=O) groups is 1. The molecule has 0 bridgehead atoms. The van der Waals surface area contributed by atoms with Gasteiger partial charge in [0.15, 0.2) is 0 Å². The summed E-state index contributed by atoms with van der Waals surface area (Å²) in [4.78, 5) is 17.1. The molecule has 4 rings (SSSR count). The van der Waals surface area contributed by atoms with Crippen molar-refractivity contribution in [3.05, 3.63) is 54.1 Å². The Balaban J connectivity index is 1.21. The molecular weight excluding hydrogens is 352 g/mol. The molecule has 28 heavy (non-hydrogen) atoms. The van der Waals surface area contributed by atoms with Crippen molar-refractivity contribution < 1.29 is 9.53 Å². The minimum Gasteiger partial charge on any atom is -0.493 e. The highest BCUT2D eigenvalue weighted by atomic mass is 16.5. The first kappa shape index (κ1) is 18.6. The summed E-state index contributed by atoms with van der Waals surface area (Å²) in [7, 11) is 0. The lowest BCUT2D eigenvalue weighted by molar-refractivity contribution is 0.192. The number of fused-ring (bicyclic) bond motifs is 1. The molecule has 1 fully saturated rings. The topological polar surface area (TPSA) is 56.8 Å². The number of hydrogen-bond donors (Lipinski definition) is 2. The Morgan fingerprint density at radius 1 is 1.11 bits per heavy atom. The normalized spacial score (nSPS) is 17.5. The number of nitrogens with one attached hydrogen (secondary N) is 2. The zero-order valence-corrected chi connectivity index (χ0v) is 16.4. The van der Waals surface area contributed by atoms with Crippen LogP contribution >= 0.6 is 0 Å². The fraction of sp³-hybridized carbons (Fsp3) is 0.409. The van der Waals surface area contributed by atoms with E-state index in [4.69, 9.17) is 4.74 Å². The molecule has 148 valence electrons. The summed E-state index contributed by atoms with van der Waals surface area (Å²) in [5, 5.41) is 5.93. The smallest absolute Gasteiger partial charge is 0.319 e. The first-order valence-electron chi connectivity index (χ1n) is 10.0. The maximum absolute atomic E-state index is 12.3. The summed E-state index contributed by atoms with van der Waals surface area (Å²) >= 11 is 0. The summed E-state index contributed by atoms with van der Waals surface area (Å²) in [5.74, 6) is 0.925. The van der Waals surface area contributed by atoms with Gasteiger partial charge in [-0.15, -0.1) is 0 Å². The molecule has 2 aromatic carbocycles. The molecule has 6 heteroatoms. The molecule has 2 amide bonds. The number of ether oxygens (including phenoxy) is 1. The monoisotopic (exact) mass is 380 g/mol. The Bertz CT molecular complexity index is 803. The number of anilines is 2. The zero-order chi connectivity index (χ0) is 19.3. The molecule has 0 spiro atoms. The summed E-state index contributed by atoms with van der Waals surface area (Å²) in [6.07, 6.45) is 0.901. The molecule has 2 aliphatic heterocycles. The van der Waals surface area contributed by atoms with Crippen LogP contribution in [-0.4, -0.2) is 56.3 Å². The Hall–Kier alpha value is -2.73. The molecule has 2 N–H and O–H groups in total. The van der Waals surface area contributed by atoms with Gasteiger partial charge < -0.3 is 20.3 Å². The van der Waals surface area contributed by atoms with E-state index in [0.717, 1.165) is 56.2 Å². The van der Waals surface area contributed by atoms with E-state index in [1.165, 1.54) is 5.69 Å². The quantitative estimate of drug-likeness (QED) is 0.837. The molecule has 0 aliphatic carbocycles. The van der Waals surface area contributed by atoms with Crippen LogP contribution in [0.25, 0.3) is 0 Å². The van der Waals surface area contributed by atoms with Crippen molar-refractivity contribution in [3.63, 3.8) is 0 Å². The van der Waals surface area contributed by atoms with E-state index in [0.29, 0.717) is 12.6 Å². The lowest BCUT2D eigenvalue weighted by atomic mass is 10.1. The number of rotatable bonds is 5. The third kappa shape index (κ3) is 4.39. The molecule has 6 nitrogen and oxygen atoms in total. The predicted molar refractivity (Wildman–Crippen MR) is 112 cm³/mol. The summed E-state index contributed by atoms with van der Waals surface area (Å²) < 4.78 is 5.50. The second-order valence-corrected chi connectivity index (χ2v) is 7.46. The van der Waals surface area contributed by atoms with Gasteiger partial charge in [0, 0.05) is 56.6 Å². The average Bonchev–Trinajstić information content (AvgIpc) is 3.21. The van der Waals surface area contributed by atoms with Gasteiger partial charge in [0.2, 0.25) is 0 Å². The minimum absolute atomic E-state index is 0.159. The van der Waals surface area contributed by atoms with Crippen LogP contribution < -0.4 is 20.3 Å². The second kappa shape index (κ2) is 8.52. The van der Waals surface area contributed by atoms with Crippen LogP contribution in [0.15, 0.2) is 48.5 Å². The predicted octanol–water partition coefficient (Wildman–Crippen LogP) is 2.95. The van der Waals surface area contributed by atoms with Crippen LogP contribution in [0.5, 0.6) is 5.75 Å². The minimum atomic E-state index is -0.159. The van der Waals surface area contributed by atoms with Crippen molar-refractivity contribution >= 4 is 17.4 Å². The third-order valence-electron chi connectivity index (χ3n) is 5.56. The Kier molecular flexibility index (Phi) is 5.67. The highest BCUT2D eigenvalue weighted by Gasteiger charge is 2.21. The lowest BCUT2D eigenvalue weighted by Crippen LogP contribution is -2.52. The van der Waals surface area contributed by atoms with Gasteiger partial charge in [-0.3, -0.25) is 4.90 Å². The number of amides is 2. The summed E-state index contributed by atoms with van der Waals surface area (Å²) in [6, 6.07) is 16.5. The van der Waals surface area contributed by atoms with Gasteiger partial charge in [-0.25, -0.2) is 4.79 Å². The van der Waals surface area contributed by atoms with Crippen molar-refractivity contribution in [2.45, 2.75) is 19.4 Å². The summed E-state index contributed by atoms with van der Waals surface area (Å²) in [5.41, 5.74) is 3.25. The number of carbonyl (C=O) groups excluding carboxylic acids is 1. The van der Waals surface area contributed by atoms with Crippen LogP contribution in [0, 0.1) is 0 Å². The highest BCUT2D eigenvalue weighted by molar-refractivity contribution is 5.89. The molecule has 0 aromatic heterocycles. The van der Waals surface area contributed by atoms with Crippen molar-refractivity contribution in [2.24, 2.45) is 0 Å². The van der Waals surface area contributed by atoms with Crippen molar-refractivity contribution in [3.8, 4) is 5.75 Å². The molecule has 1 saturated heterocycles. The van der Waals surface area contributed by atoms with Gasteiger partial charge in [-0.05, 0) is 42.8 Å². The van der Waals surface area contributed by atoms with E-state index >= 15 is 0 Å². The van der Waals surface area contributed by atoms with Crippen molar-refractivity contribution in [2.75, 3.05) is 49.5 Å². The third-order valence-corrected chi connectivity index (χ3v) is 5.56. The van der Waals surface area contributed by atoms with Crippen LogP contribution in [0.1, 0.15) is 12.5 Å². The number of piperazine rings is 1. The van der Waals surface area contributed by atoms with Gasteiger partial charge in [-0.2, -0.15) is 0 Å². The van der Waals surface area contributed by atoms with Crippen molar-refractivity contribution in [1.82, 2.24) is 10.2 Å². The molecule has 1 atom stereocenters. The Morgan fingerprint density at radius 3 is 2.68 bits per heavy atom.